The number of rotatable bonds is 5. The maximum atomic E-state index is 13.0. The number of carbonyl (C=O) groups is 1. The lowest BCUT2D eigenvalue weighted by Crippen LogP contribution is -2.26. The Morgan fingerprint density at radius 1 is 1.43 bits per heavy atom. The number of aromatic nitrogens is 2. The van der Waals surface area contributed by atoms with Crippen molar-refractivity contribution in [1.82, 2.24) is 14.7 Å². The Kier molecular flexibility index (Phi) is 5.97. The molecule has 0 radical (unpaired) electrons. The number of amides is 1. The van der Waals surface area contributed by atoms with Crippen molar-refractivity contribution in [2.24, 2.45) is 7.05 Å². The number of aryl methyl sites for hydroxylation is 2. The third-order valence-electron chi connectivity index (χ3n) is 4.51. The van der Waals surface area contributed by atoms with E-state index in [9.17, 15) is 13.6 Å². The van der Waals surface area contributed by atoms with Crippen LogP contribution in [0.3, 0.4) is 0 Å². The first-order chi connectivity index (χ1) is 13.1. The topological polar surface area (TPSA) is 47.4 Å². The summed E-state index contributed by atoms with van der Waals surface area (Å²) in [5.41, 5.74) is 2.77. The van der Waals surface area contributed by atoms with E-state index in [-0.39, 0.29) is 21.6 Å². The van der Waals surface area contributed by atoms with E-state index in [1.807, 2.05) is 20.9 Å². The molecule has 3 rings (SSSR count). The quantitative estimate of drug-likeness (QED) is 0.470. The summed E-state index contributed by atoms with van der Waals surface area (Å²) in [5, 5.41) is 4.76. The van der Waals surface area contributed by atoms with E-state index in [0.29, 0.717) is 21.1 Å². The fourth-order valence-corrected chi connectivity index (χ4v) is 5.09. The molecule has 28 heavy (non-hydrogen) atoms. The first-order valence-electron chi connectivity index (χ1n) is 8.21. The average molecular weight is 493 g/mol. The number of fused-ring (bicyclic) bond motifs is 1. The number of nitrogens with zero attached hydrogens (tertiary/aromatic N) is 3. The molecule has 0 aliphatic rings. The summed E-state index contributed by atoms with van der Waals surface area (Å²) in [5.74, 6) is -0.362. The van der Waals surface area contributed by atoms with Gasteiger partial charge in [-0.25, -0.2) is 0 Å². The Bertz CT molecular complexity index is 1070. The van der Waals surface area contributed by atoms with Crippen LogP contribution in [0.4, 0.5) is 8.78 Å². The molecule has 150 valence electrons. The highest BCUT2D eigenvalue weighted by Crippen LogP contribution is 2.45. The normalized spacial score (nSPS) is 11.5. The molecule has 10 heteroatoms. The maximum absolute atomic E-state index is 13.0. The molecule has 0 saturated heterocycles. The van der Waals surface area contributed by atoms with Crippen LogP contribution in [-0.4, -0.2) is 34.2 Å². The largest absolute Gasteiger partial charge is 0.434 e. The zero-order valence-electron chi connectivity index (χ0n) is 15.5. The van der Waals surface area contributed by atoms with Gasteiger partial charge in [0.2, 0.25) is 0 Å². The molecule has 0 saturated carbocycles. The molecular formula is C18H17BrClF2N3O2S. The van der Waals surface area contributed by atoms with Crippen LogP contribution < -0.4 is 4.74 Å². The lowest BCUT2D eigenvalue weighted by Gasteiger charge is -2.17. The summed E-state index contributed by atoms with van der Waals surface area (Å²) in [6.07, 6.45) is 0. The van der Waals surface area contributed by atoms with Crippen molar-refractivity contribution >= 4 is 54.9 Å². The highest BCUT2D eigenvalue weighted by Gasteiger charge is 2.25. The van der Waals surface area contributed by atoms with E-state index < -0.39 is 6.61 Å². The standard InChI is InChI=1S/C18H17BrClF2N3O2S/c1-8-10(9(2)25(4)23-8)7-24(3)17(26)16-14(20)13-12(27-18(21)22)6-5-11(19)15(13)28-16/h5-6,18H,7H2,1-4H3. The minimum Gasteiger partial charge on any atom is -0.434 e. The minimum absolute atomic E-state index is 0.0601. The van der Waals surface area contributed by atoms with Crippen LogP contribution in [0.15, 0.2) is 16.6 Å². The highest BCUT2D eigenvalue weighted by molar-refractivity contribution is 9.10. The summed E-state index contributed by atoms with van der Waals surface area (Å²) < 4.78 is 33.0. The van der Waals surface area contributed by atoms with Gasteiger partial charge in [-0.1, -0.05) is 11.6 Å². The molecular weight excluding hydrogens is 476 g/mol. The zero-order chi connectivity index (χ0) is 20.7. The van der Waals surface area contributed by atoms with Crippen LogP contribution in [-0.2, 0) is 13.6 Å². The SMILES string of the molecule is Cc1nn(C)c(C)c1CN(C)C(=O)c1sc2c(Br)ccc(OC(F)F)c2c1Cl. The van der Waals surface area contributed by atoms with Gasteiger partial charge in [-0.15, -0.1) is 11.3 Å². The maximum Gasteiger partial charge on any atom is 0.387 e. The molecule has 0 bridgehead atoms. The molecule has 2 aromatic heterocycles. The number of hydrogen-bond acceptors (Lipinski definition) is 4. The van der Waals surface area contributed by atoms with Gasteiger partial charge in [-0.05, 0) is 41.9 Å². The Morgan fingerprint density at radius 2 is 2.11 bits per heavy atom. The Labute approximate surface area is 178 Å². The van der Waals surface area contributed by atoms with Gasteiger partial charge >= 0.3 is 6.61 Å². The van der Waals surface area contributed by atoms with Gasteiger partial charge in [0.15, 0.2) is 0 Å². The monoisotopic (exact) mass is 491 g/mol. The first-order valence-corrected chi connectivity index (χ1v) is 10.2. The number of halogens is 4. The average Bonchev–Trinajstić information content (AvgIpc) is 3.09. The molecule has 0 spiro atoms. The van der Waals surface area contributed by atoms with E-state index in [1.54, 1.807) is 17.8 Å². The van der Waals surface area contributed by atoms with Gasteiger partial charge in [0.25, 0.3) is 5.91 Å². The summed E-state index contributed by atoms with van der Waals surface area (Å²) in [6.45, 7) is 1.19. The fourth-order valence-electron chi connectivity index (χ4n) is 2.97. The smallest absolute Gasteiger partial charge is 0.387 e. The predicted molar refractivity (Wildman–Crippen MR) is 110 cm³/mol. The van der Waals surface area contributed by atoms with E-state index in [4.69, 9.17) is 11.6 Å². The number of hydrogen-bond donors (Lipinski definition) is 0. The number of benzene rings is 1. The zero-order valence-corrected chi connectivity index (χ0v) is 18.7. The van der Waals surface area contributed by atoms with Crippen LogP contribution in [0.1, 0.15) is 26.6 Å². The van der Waals surface area contributed by atoms with Crippen LogP contribution >= 0.6 is 38.9 Å². The van der Waals surface area contributed by atoms with Gasteiger partial charge in [0.05, 0.1) is 20.8 Å². The van der Waals surface area contributed by atoms with Crippen molar-refractivity contribution in [3.63, 3.8) is 0 Å². The van der Waals surface area contributed by atoms with Crippen LogP contribution in [0, 0.1) is 13.8 Å². The molecule has 3 aromatic rings. The van der Waals surface area contributed by atoms with Crippen LogP contribution in [0.5, 0.6) is 5.75 Å². The highest BCUT2D eigenvalue weighted by atomic mass is 79.9. The lowest BCUT2D eigenvalue weighted by atomic mass is 10.2. The van der Waals surface area contributed by atoms with E-state index in [0.717, 1.165) is 28.3 Å². The molecule has 0 aliphatic carbocycles. The van der Waals surface area contributed by atoms with Crippen molar-refractivity contribution in [2.75, 3.05) is 7.05 Å². The van der Waals surface area contributed by atoms with Crippen molar-refractivity contribution in [3.8, 4) is 5.75 Å². The summed E-state index contributed by atoms with van der Waals surface area (Å²) in [7, 11) is 3.51. The molecule has 1 aromatic carbocycles. The second-order valence-electron chi connectivity index (χ2n) is 6.31. The fraction of sp³-hybridized carbons (Fsp3) is 0.333. The number of alkyl halides is 2. The summed E-state index contributed by atoms with van der Waals surface area (Å²) in [4.78, 5) is 14.8. The van der Waals surface area contributed by atoms with Crippen LogP contribution in [0.2, 0.25) is 5.02 Å². The van der Waals surface area contributed by atoms with Crippen molar-refractivity contribution < 1.29 is 18.3 Å². The van der Waals surface area contributed by atoms with Gasteiger partial charge in [0.1, 0.15) is 10.6 Å². The molecule has 2 heterocycles. The molecule has 5 nitrogen and oxygen atoms in total. The Morgan fingerprint density at radius 3 is 2.68 bits per heavy atom. The van der Waals surface area contributed by atoms with E-state index >= 15 is 0 Å². The molecule has 0 unspecified atom stereocenters. The Balaban J connectivity index is 1.99. The molecule has 1 amide bonds. The second-order valence-corrected chi connectivity index (χ2v) is 8.56. The lowest BCUT2D eigenvalue weighted by molar-refractivity contribution is -0.0487. The van der Waals surface area contributed by atoms with Crippen molar-refractivity contribution in [3.05, 3.63) is 43.5 Å². The van der Waals surface area contributed by atoms with Gasteiger partial charge in [-0.3, -0.25) is 9.48 Å². The molecule has 0 atom stereocenters. The number of thiophene rings is 1. The molecule has 0 N–H and O–H groups in total. The summed E-state index contributed by atoms with van der Waals surface area (Å²) in [6, 6.07) is 2.99. The van der Waals surface area contributed by atoms with Crippen molar-refractivity contribution in [2.45, 2.75) is 27.0 Å². The predicted octanol–water partition coefficient (Wildman–Crippen LogP) is 5.54. The van der Waals surface area contributed by atoms with Crippen LogP contribution in [0.25, 0.3) is 10.1 Å². The number of carbonyl (C=O) groups excluding carboxylic acids is 1. The van der Waals surface area contributed by atoms with Gasteiger partial charge in [0, 0.05) is 36.4 Å². The Hall–Kier alpha value is -1.71. The van der Waals surface area contributed by atoms with E-state index in [1.165, 1.54) is 11.0 Å². The van der Waals surface area contributed by atoms with Crippen molar-refractivity contribution in [1.29, 1.82) is 0 Å². The number of ether oxygens (including phenoxy) is 1. The van der Waals surface area contributed by atoms with Gasteiger partial charge in [-0.2, -0.15) is 13.9 Å². The first kappa shape index (κ1) is 21.0. The third-order valence-corrected chi connectivity index (χ3v) is 7.13. The van der Waals surface area contributed by atoms with E-state index in [2.05, 4.69) is 25.8 Å². The van der Waals surface area contributed by atoms with Gasteiger partial charge < -0.3 is 9.64 Å². The molecule has 0 fully saturated rings. The second kappa shape index (κ2) is 7.96. The molecule has 0 aliphatic heterocycles. The third kappa shape index (κ3) is 3.75. The minimum atomic E-state index is -2.99. The summed E-state index contributed by atoms with van der Waals surface area (Å²) >= 11 is 10.9.